The Morgan fingerprint density at radius 1 is 1.31 bits per heavy atom. The van der Waals surface area contributed by atoms with E-state index in [1.165, 1.54) is 18.2 Å². The molecule has 1 aromatic heterocycles. The van der Waals surface area contributed by atoms with Crippen LogP contribution in [0.4, 0.5) is 4.39 Å². The summed E-state index contributed by atoms with van der Waals surface area (Å²) in [6, 6.07) is 11.4. The smallest absolute Gasteiger partial charge is 0.246 e. The van der Waals surface area contributed by atoms with Crippen LogP contribution in [0.2, 0.25) is 5.02 Å². The first kappa shape index (κ1) is 17.9. The van der Waals surface area contributed by atoms with E-state index in [4.69, 9.17) is 20.9 Å². The van der Waals surface area contributed by atoms with E-state index in [0.717, 1.165) is 5.56 Å². The van der Waals surface area contributed by atoms with E-state index < -0.39 is 5.82 Å². The number of halogens is 2. The molecule has 2 aromatic carbocycles. The van der Waals surface area contributed by atoms with Crippen LogP contribution in [0.5, 0.6) is 5.75 Å². The summed E-state index contributed by atoms with van der Waals surface area (Å²) >= 11 is 5.69. The molecule has 0 bridgehead atoms. The zero-order chi connectivity index (χ0) is 18.5. The van der Waals surface area contributed by atoms with Crippen molar-refractivity contribution in [1.29, 1.82) is 0 Å². The van der Waals surface area contributed by atoms with E-state index in [0.29, 0.717) is 11.6 Å². The summed E-state index contributed by atoms with van der Waals surface area (Å²) in [6.07, 6.45) is -0.111. The number of amides is 1. The number of hydrogen-bond acceptors (Lipinski definition) is 5. The third kappa shape index (κ3) is 4.37. The summed E-state index contributed by atoms with van der Waals surface area (Å²) < 4.78 is 24.0. The summed E-state index contributed by atoms with van der Waals surface area (Å²) in [7, 11) is 1.57. The van der Waals surface area contributed by atoms with Crippen LogP contribution in [0.3, 0.4) is 0 Å². The van der Waals surface area contributed by atoms with Crippen LogP contribution in [-0.4, -0.2) is 23.2 Å². The maximum atomic E-state index is 13.7. The largest absolute Gasteiger partial charge is 0.497 e. The molecule has 6 nitrogen and oxygen atoms in total. The summed E-state index contributed by atoms with van der Waals surface area (Å²) in [4.78, 5) is 16.2. The lowest BCUT2D eigenvalue weighted by atomic mass is 10.1. The minimum Gasteiger partial charge on any atom is -0.497 e. The maximum absolute atomic E-state index is 13.7. The van der Waals surface area contributed by atoms with Gasteiger partial charge in [-0.2, -0.15) is 4.98 Å². The van der Waals surface area contributed by atoms with E-state index in [9.17, 15) is 9.18 Å². The van der Waals surface area contributed by atoms with Crippen molar-refractivity contribution in [2.45, 2.75) is 13.0 Å². The highest BCUT2D eigenvalue weighted by Crippen LogP contribution is 2.21. The second kappa shape index (κ2) is 7.97. The fraction of sp³-hybridized carbons (Fsp3) is 0.167. The Morgan fingerprint density at radius 2 is 2.15 bits per heavy atom. The summed E-state index contributed by atoms with van der Waals surface area (Å²) in [5.41, 5.74) is 0.989. The standard InChI is InChI=1S/C18H15ClFN3O3/c1-25-14-4-2-3-12(7-14)18-22-17(26-23-18)10-21-16(24)8-11-5-6-13(19)9-15(11)20/h2-7,9H,8,10H2,1H3,(H,21,24). The number of hydrogen-bond donors (Lipinski definition) is 1. The second-order valence-corrected chi connectivity index (χ2v) is 5.87. The van der Waals surface area contributed by atoms with Gasteiger partial charge in [0, 0.05) is 10.6 Å². The Bertz CT molecular complexity index is 930. The minimum atomic E-state index is -0.522. The Morgan fingerprint density at radius 3 is 2.92 bits per heavy atom. The van der Waals surface area contributed by atoms with Gasteiger partial charge < -0.3 is 14.6 Å². The number of ether oxygens (including phenoxy) is 1. The van der Waals surface area contributed by atoms with Gasteiger partial charge in [-0.15, -0.1) is 0 Å². The van der Waals surface area contributed by atoms with Crippen molar-refractivity contribution < 1.29 is 18.4 Å². The molecule has 8 heteroatoms. The fourth-order valence-electron chi connectivity index (χ4n) is 2.28. The first-order valence-corrected chi connectivity index (χ1v) is 8.10. The van der Waals surface area contributed by atoms with Gasteiger partial charge in [0.1, 0.15) is 11.6 Å². The molecule has 1 amide bonds. The van der Waals surface area contributed by atoms with Gasteiger partial charge in [-0.3, -0.25) is 4.79 Å². The molecule has 134 valence electrons. The number of nitrogens with zero attached hydrogens (tertiary/aromatic N) is 2. The number of benzene rings is 2. The van der Waals surface area contributed by atoms with Crippen LogP contribution in [0.1, 0.15) is 11.5 Å². The van der Waals surface area contributed by atoms with Crippen molar-refractivity contribution in [2.24, 2.45) is 0 Å². The summed E-state index contributed by atoms with van der Waals surface area (Å²) in [6.45, 7) is 0.0466. The lowest BCUT2D eigenvalue weighted by Gasteiger charge is -2.04. The van der Waals surface area contributed by atoms with Gasteiger partial charge in [-0.1, -0.05) is 35.0 Å². The number of aromatic nitrogens is 2. The van der Waals surface area contributed by atoms with Gasteiger partial charge in [0.25, 0.3) is 0 Å². The van der Waals surface area contributed by atoms with E-state index in [-0.39, 0.29) is 35.3 Å². The molecule has 0 radical (unpaired) electrons. The Labute approximate surface area is 153 Å². The Balaban J connectivity index is 1.60. The summed E-state index contributed by atoms with van der Waals surface area (Å²) in [5, 5.41) is 6.78. The molecule has 3 aromatic rings. The molecule has 0 spiro atoms. The molecule has 0 aliphatic carbocycles. The zero-order valence-corrected chi connectivity index (χ0v) is 14.6. The number of rotatable bonds is 6. The van der Waals surface area contributed by atoms with Crippen LogP contribution in [0.15, 0.2) is 47.0 Å². The van der Waals surface area contributed by atoms with Crippen molar-refractivity contribution in [3.63, 3.8) is 0 Å². The van der Waals surface area contributed by atoms with E-state index >= 15 is 0 Å². The normalized spacial score (nSPS) is 10.6. The average Bonchev–Trinajstić information content (AvgIpc) is 3.11. The van der Waals surface area contributed by atoms with Crippen molar-refractivity contribution in [3.05, 3.63) is 64.8 Å². The molecule has 0 saturated carbocycles. The van der Waals surface area contributed by atoms with Crippen molar-refractivity contribution in [2.75, 3.05) is 7.11 Å². The molecule has 1 heterocycles. The quantitative estimate of drug-likeness (QED) is 0.714. The maximum Gasteiger partial charge on any atom is 0.246 e. The van der Waals surface area contributed by atoms with Gasteiger partial charge in [0.05, 0.1) is 20.1 Å². The highest BCUT2D eigenvalue weighted by Gasteiger charge is 2.12. The van der Waals surface area contributed by atoms with Crippen LogP contribution < -0.4 is 10.1 Å². The molecular formula is C18H15ClFN3O3. The van der Waals surface area contributed by atoms with Gasteiger partial charge in [-0.05, 0) is 29.8 Å². The van der Waals surface area contributed by atoms with Crippen molar-refractivity contribution in [3.8, 4) is 17.1 Å². The molecule has 0 fully saturated rings. The molecule has 0 atom stereocenters. The molecule has 0 aliphatic heterocycles. The van der Waals surface area contributed by atoms with Crippen LogP contribution in [0.25, 0.3) is 11.4 Å². The van der Waals surface area contributed by atoms with Gasteiger partial charge in [-0.25, -0.2) is 4.39 Å². The molecule has 0 saturated heterocycles. The lowest BCUT2D eigenvalue weighted by molar-refractivity contribution is -0.120. The van der Waals surface area contributed by atoms with Crippen molar-refractivity contribution >= 4 is 17.5 Å². The van der Waals surface area contributed by atoms with Gasteiger partial charge in [0.15, 0.2) is 0 Å². The number of carbonyl (C=O) groups excluding carboxylic acids is 1. The first-order chi connectivity index (χ1) is 12.5. The third-order valence-electron chi connectivity index (χ3n) is 3.60. The predicted octanol–water partition coefficient (Wildman–Crippen LogP) is 3.40. The Kier molecular flexibility index (Phi) is 5.48. The van der Waals surface area contributed by atoms with Crippen LogP contribution in [0, 0.1) is 5.82 Å². The molecule has 26 heavy (non-hydrogen) atoms. The molecule has 0 unspecified atom stereocenters. The SMILES string of the molecule is COc1cccc(-c2noc(CNC(=O)Cc3ccc(Cl)cc3F)n2)c1. The van der Waals surface area contributed by atoms with Crippen LogP contribution in [-0.2, 0) is 17.8 Å². The number of carbonyl (C=O) groups is 1. The molecular weight excluding hydrogens is 361 g/mol. The number of nitrogens with one attached hydrogen (secondary N) is 1. The van der Waals surface area contributed by atoms with Crippen molar-refractivity contribution in [1.82, 2.24) is 15.5 Å². The zero-order valence-electron chi connectivity index (χ0n) is 13.8. The lowest BCUT2D eigenvalue weighted by Crippen LogP contribution is -2.25. The monoisotopic (exact) mass is 375 g/mol. The molecule has 3 rings (SSSR count). The van der Waals surface area contributed by atoms with Gasteiger partial charge in [0.2, 0.25) is 17.6 Å². The summed E-state index contributed by atoms with van der Waals surface area (Å²) in [5.74, 6) is 0.412. The fourth-order valence-corrected chi connectivity index (χ4v) is 2.44. The Hall–Kier alpha value is -2.93. The molecule has 0 aliphatic rings. The highest BCUT2D eigenvalue weighted by atomic mass is 35.5. The first-order valence-electron chi connectivity index (χ1n) is 7.73. The topological polar surface area (TPSA) is 77.3 Å². The van der Waals surface area contributed by atoms with E-state index in [2.05, 4.69) is 15.5 Å². The minimum absolute atomic E-state index is 0.0466. The van der Waals surface area contributed by atoms with Gasteiger partial charge >= 0.3 is 0 Å². The predicted molar refractivity (Wildman–Crippen MR) is 93.2 cm³/mol. The second-order valence-electron chi connectivity index (χ2n) is 5.43. The third-order valence-corrected chi connectivity index (χ3v) is 3.83. The van der Waals surface area contributed by atoms with E-state index in [1.807, 2.05) is 12.1 Å². The average molecular weight is 376 g/mol. The highest BCUT2D eigenvalue weighted by molar-refractivity contribution is 6.30. The molecule has 1 N–H and O–H groups in total. The van der Waals surface area contributed by atoms with Crippen LogP contribution >= 0.6 is 11.6 Å². The van der Waals surface area contributed by atoms with E-state index in [1.54, 1.807) is 19.2 Å². The number of methoxy groups -OCH3 is 1.